The number of carbonyl (C=O) groups is 1. The maximum Gasteiger partial charge on any atom is 0.261 e. The standard InChI is InChI=1S/C20H17N5O2/c1-13-3-2-4-16-19(13)21-12-25(20(16)27)11-18(26)23-15-7-5-14(6-8-15)17-9-10-22-24-17/h2-10,12H,11H2,1H3,(H,22,24)(H,23,26). The fourth-order valence-electron chi connectivity index (χ4n) is 2.96. The number of aromatic amines is 1. The van der Waals surface area contributed by atoms with Crippen molar-refractivity contribution in [2.75, 3.05) is 5.32 Å². The number of hydrogen-bond acceptors (Lipinski definition) is 4. The van der Waals surface area contributed by atoms with E-state index in [4.69, 9.17) is 0 Å². The molecule has 0 bridgehead atoms. The Hall–Kier alpha value is -3.74. The van der Waals surface area contributed by atoms with Gasteiger partial charge in [-0.3, -0.25) is 19.3 Å². The summed E-state index contributed by atoms with van der Waals surface area (Å²) in [6.07, 6.45) is 3.10. The lowest BCUT2D eigenvalue weighted by Gasteiger charge is -2.09. The van der Waals surface area contributed by atoms with Crippen LogP contribution in [0.1, 0.15) is 5.56 Å². The van der Waals surface area contributed by atoms with Crippen molar-refractivity contribution in [3.05, 3.63) is 77.0 Å². The van der Waals surface area contributed by atoms with E-state index in [0.717, 1.165) is 16.8 Å². The Bertz CT molecular complexity index is 1160. The Morgan fingerprint density at radius 1 is 1.15 bits per heavy atom. The summed E-state index contributed by atoms with van der Waals surface area (Å²) in [4.78, 5) is 29.2. The third kappa shape index (κ3) is 3.35. The maximum atomic E-state index is 12.6. The minimum absolute atomic E-state index is 0.0992. The molecular formula is C20H17N5O2. The number of rotatable bonds is 4. The van der Waals surface area contributed by atoms with Crippen molar-refractivity contribution in [1.82, 2.24) is 19.7 Å². The molecule has 0 spiro atoms. The summed E-state index contributed by atoms with van der Waals surface area (Å²) in [7, 11) is 0. The number of anilines is 1. The van der Waals surface area contributed by atoms with E-state index >= 15 is 0 Å². The molecule has 7 heteroatoms. The molecule has 0 saturated carbocycles. The van der Waals surface area contributed by atoms with Gasteiger partial charge < -0.3 is 5.32 Å². The summed E-state index contributed by atoms with van der Waals surface area (Å²) in [6.45, 7) is 1.80. The molecule has 0 saturated heterocycles. The highest BCUT2D eigenvalue weighted by Gasteiger charge is 2.10. The van der Waals surface area contributed by atoms with Crippen molar-refractivity contribution in [1.29, 1.82) is 0 Å². The quantitative estimate of drug-likeness (QED) is 0.586. The van der Waals surface area contributed by atoms with Crippen LogP contribution >= 0.6 is 0 Å². The molecule has 2 N–H and O–H groups in total. The summed E-state index contributed by atoms with van der Waals surface area (Å²) in [5.41, 5.74) is 3.88. The molecule has 0 atom stereocenters. The fourth-order valence-corrected chi connectivity index (χ4v) is 2.96. The average Bonchev–Trinajstić information content (AvgIpc) is 3.20. The van der Waals surface area contributed by atoms with E-state index in [9.17, 15) is 9.59 Å². The van der Waals surface area contributed by atoms with Gasteiger partial charge in [0.05, 0.1) is 22.9 Å². The zero-order valence-corrected chi connectivity index (χ0v) is 14.6. The second kappa shape index (κ2) is 6.87. The second-order valence-electron chi connectivity index (χ2n) is 6.24. The molecule has 0 radical (unpaired) electrons. The van der Waals surface area contributed by atoms with Crippen LogP contribution in [0.3, 0.4) is 0 Å². The van der Waals surface area contributed by atoms with E-state index < -0.39 is 0 Å². The van der Waals surface area contributed by atoms with Crippen LogP contribution in [-0.4, -0.2) is 25.7 Å². The Morgan fingerprint density at radius 3 is 2.70 bits per heavy atom. The van der Waals surface area contributed by atoms with E-state index in [2.05, 4.69) is 20.5 Å². The molecule has 27 heavy (non-hydrogen) atoms. The summed E-state index contributed by atoms with van der Waals surface area (Å²) in [6, 6.07) is 14.7. The number of nitrogens with zero attached hydrogens (tertiary/aromatic N) is 3. The van der Waals surface area contributed by atoms with E-state index in [-0.39, 0.29) is 18.0 Å². The molecule has 2 aromatic carbocycles. The lowest BCUT2D eigenvalue weighted by molar-refractivity contribution is -0.116. The molecule has 2 heterocycles. The van der Waals surface area contributed by atoms with Crippen LogP contribution < -0.4 is 10.9 Å². The van der Waals surface area contributed by atoms with Crippen LogP contribution in [-0.2, 0) is 11.3 Å². The molecule has 4 rings (SSSR count). The summed E-state index contributed by atoms with van der Waals surface area (Å²) in [5.74, 6) is -0.291. The monoisotopic (exact) mass is 359 g/mol. The molecule has 134 valence electrons. The predicted octanol–water partition coefficient (Wildman–Crippen LogP) is 2.73. The smallest absolute Gasteiger partial charge is 0.261 e. The first-order valence-electron chi connectivity index (χ1n) is 8.46. The molecule has 2 aromatic heterocycles. The topological polar surface area (TPSA) is 92.7 Å². The van der Waals surface area contributed by atoms with E-state index in [1.165, 1.54) is 10.9 Å². The molecule has 4 aromatic rings. The van der Waals surface area contributed by atoms with Gasteiger partial charge in [0.2, 0.25) is 5.91 Å². The highest BCUT2D eigenvalue weighted by molar-refractivity contribution is 5.91. The normalized spacial score (nSPS) is 10.9. The maximum absolute atomic E-state index is 12.6. The van der Waals surface area contributed by atoms with Crippen LogP contribution in [0.2, 0.25) is 0 Å². The number of para-hydroxylation sites is 1. The Kier molecular flexibility index (Phi) is 4.25. The average molecular weight is 359 g/mol. The molecule has 0 aliphatic heterocycles. The van der Waals surface area contributed by atoms with Gasteiger partial charge in [-0.05, 0) is 42.3 Å². The zero-order chi connectivity index (χ0) is 18.8. The van der Waals surface area contributed by atoms with Crippen molar-refractivity contribution in [2.45, 2.75) is 13.5 Å². The number of nitrogens with one attached hydrogen (secondary N) is 2. The Balaban J connectivity index is 1.50. The van der Waals surface area contributed by atoms with Gasteiger partial charge in [0.1, 0.15) is 6.54 Å². The molecule has 7 nitrogen and oxygen atoms in total. The van der Waals surface area contributed by atoms with E-state index in [0.29, 0.717) is 16.6 Å². The Morgan fingerprint density at radius 2 is 1.96 bits per heavy atom. The first kappa shape index (κ1) is 16.7. The summed E-state index contributed by atoms with van der Waals surface area (Å²) < 4.78 is 1.32. The van der Waals surface area contributed by atoms with E-state index in [1.807, 2.05) is 37.3 Å². The largest absolute Gasteiger partial charge is 0.325 e. The van der Waals surface area contributed by atoms with Crippen LogP contribution in [0.4, 0.5) is 5.69 Å². The van der Waals surface area contributed by atoms with Gasteiger partial charge in [-0.15, -0.1) is 0 Å². The first-order chi connectivity index (χ1) is 13.1. The van der Waals surface area contributed by atoms with Crippen LogP contribution in [0.5, 0.6) is 0 Å². The minimum atomic E-state index is -0.291. The van der Waals surface area contributed by atoms with Gasteiger partial charge in [0.25, 0.3) is 5.56 Å². The lowest BCUT2D eigenvalue weighted by Crippen LogP contribution is -2.28. The van der Waals surface area contributed by atoms with Gasteiger partial charge in [0, 0.05) is 11.9 Å². The molecule has 0 unspecified atom stereocenters. The van der Waals surface area contributed by atoms with Gasteiger partial charge in [-0.25, -0.2) is 4.98 Å². The number of H-pyrrole nitrogens is 1. The molecular weight excluding hydrogens is 342 g/mol. The van der Waals surface area contributed by atoms with Crippen molar-refractivity contribution in [3.8, 4) is 11.3 Å². The summed E-state index contributed by atoms with van der Waals surface area (Å²) >= 11 is 0. The number of aromatic nitrogens is 4. The molecule has 1 amide bonds. The van der Waals surface area contributed by atoms with Crippen LogP contribution in [0.15, 0.2) is 65.8 Å². The van der Waals surface area contributed by atoms with Gasteiger partial charge >= 0.3 is 0 Å². The lowest BCUT2D eigenvalue weighted by atomic mass is 10.1. The molecule has 0 fully saturated rings. The van der Waals surface area contributed by atoms with Crippen molar-refractivity contribution in [3.63, 3.8) is 0 Å². The van der Waals surface area contributed by atoms with Gasteiger partial charge in [-0.1, -0.05) is 24.3 Å². The number of carbonyl (C=O) groups excluding carboxylic acids is 1. The van der Waals surface area contributed by atoms with E-state index in [1.54, 1.807) is 24.4 Å². The number of benzene rings is 2. The van der Waals surface area contributed by atoms with Gasteiger partial charge in [-0.2, -0.15) is 5.10 Å². The number of hydrogen-bond donors (Lipinski definition) is 2. The van der Waals surface area contributed by atoms with Crippen LogP contribution in [0.25, 0.3) is 22.2 Å². The highest BCUT2D eigenvalue weighted by atomic mass is 16.2. The Labute approximate surface area is 154 Å². The summed E-state index contributed by atoms with van der Waals surface area (Å²) in [5, 5.41) is 10.1. The third-order valence-corrected chi connectivity index (χ3v) is 4.35. The fraction of sp³-hybridized carbons (Fsp3) is 0.100. The zero-order valence-electron chi connectivity index (χ0n) is 14.6. The van der Waals surface area contributed by atoms with Crippen molar-refractivity contribution >= 4 is 22.5 Å². The number of amides is 1. The predicted molar refractivity (Wildman–Crippen MR) is 103 cm³/mol. The third-order valence-electron chi connectivity index (χ3n) is 4.35. The minimum Gasteiger partial charge on any atom is -0.325 e. The van der Waals surface area contributed by atoms with Crippen molar-refractivity contribution in [2.24, 2.45) is 0 Å². The second-order valence-corrected chi connectivity index (χ2v) is 6.24. The molecule has 0 aliphatic carbocycles. The van der Waals surface area contributed by atoms with Crippen LogP contribution in [0, 0.1) is 6.92 Å². The number of fused-ring (bicyclic) bond motifs is 1. The van der Waals surface area contributed by atoms with Gasteiger partial charge in [0.15, 0.2) is 0 Å². The first-order valence-corrected chi connectivity index (χ1v) is 8.46. The number of aryl methyl sites for hydroxylation is 1. The highest BCUT2D eigenvalue weighted by Crippen LogP contribution is 2.19. The van der Waals surface area contributed by atoms with Crippen molar-refractivity contribution < 1.29 is 4.79 Å². The molecule has 0 aliphatic rings. The SMILES string of the molecule is Cc1cccc2c(=O)n(CC(=O)Nc3ccc(-c4ccn[nH]4)cc3)cnc12.